The van der Waals surface area contributed by atoms with Crippen molar-refractivity contribution in [2.24, 2.45) is 0 Å². The maximum Gasteiger partial charge on any atom is 0.268 e. The highest BCUT2D eigenvalue weighted by molar-refractivity contribution is 7.22. The number of nitrogens with zero attached hydrogens (tertiary/aromatic N) is 2. The number of furan rings is 1. The van der Waals surface area contributed by atoms with Gasteiger partial charge in [-0.3, -0.25) is 9.69 Å². The molecule has 0 aliphatic heterocycles. The van der Waals surface area contributed by atoms with Gasteiger partial charge in [-0.15, -0.1) is 11.3 Å². The first kappa shape index (κ1) is 18.0. The fraction of sp³-hybridized carbons (Fsp3) is 0.200. The largest absolute Gasteiger partial charge is 0.465 e. The smallest absolute Gasteiger partial charge is 0.268 e. The lowest BCUT2D eigenvalue weighted by Crippen LogP contribution is -2.21. The summed E-state index contributed by atoms with van der Waals surface area (Å²) in [5.74, 6) is 2.41. The van der Waals surface area contributed by atoms with Gasteiger partial charge >= 0.3 is 0 Å². The van der Waals surface area contributed by atoms with Gasteiger partial charge in [-0.2, -0.15) is 0 Å². The van der Waals surface area contributed by atoms with Crippen LogP contribution in [0, 0.1) is 6.92 Å². The molecule has 4 rings (SSSR count). The minimum atomic E-state index is -0.109. The monoisotopic (exact) mass is 399 g/mol. The summed E-state index contributed by atoms with van der Waals surface area (Å²) in [4.78, 5) is 23.1. The molecule has 0 aliphatic carbocycles. The number of hydrogen-bond acceptors (Lipinski definition) is 5. The Hall–Kier alpha value is -2.41. The van der Waals surface area contributed by atoms with Gasteiger partial charge in [-0.25, -0.2) is 4.98 Å². The number of fused-ring (bicyclic) bond motifs is 1. The van der Waals surface area contributed by atoms with E-state index in [4.69, 9.17) is 16.0 Å². The highest BCUT2D eigenvalue weighted by Crippen LogP contribution is 2.31. The molecule has 5 nitrogen and oxygen atoms in total. The Morgan fingerprint density at radius 1 is 1.19 bits per heavy atom. The average molecular weight is 400 g/mol. The molecule has 0 atom stereocenters. The van der Waals surface area contributed by atoms with Gasteiger partial charge in [0.05, 0.1) is 18.6 Å². The third kappa shape index (κ3) is 3.98. The molecular weight excluding hydrogens is 382 g/mol. The van der Waals surface area contributed by atoms with Gasteiger partial charge in [0.25, 0.3) is 5.56 Å². The molecule has 7 heteroatoms. The fourth-order valence-corrected chi connectivity index (χ4v) is 4.09. The van der Waals surface area contributed by atoms with E-state index in [-0.39, 0.29) is 5.56 Å². The molecule has 0 fully saturated rings. The quantitative estimate of drug-likeness (QED) is 0.521. The van der Waals surface area contributed by atoms with Crippen LogP contribution in [0.5, 0.6) is 0 Å². The van der Waals surface area contributed by atoms with Crippen LogP contribution < -0.4 is 5.56 Å². The number of aryl methyl sites for hydroxylation is 1. The van der Waals surface area contributed by atoms with Crippen LogP contribution in [0.15, 0.2) is 51.7 Å². The Morgan fingerprint density at radius 3 is 2.67 bits per heavy atom. The van der Waals surface area contributed by atoms with Gasteiger partial charge in [0.1, 0.15) is 22.0 Å². The van der Waals surface area contributed by atoms with E-state index in [0.717, 1.165) is 22.0 Å². The standard InChI is InChI=1S/C20H18ClN3O2S/c1-12-3-8-15(26-12)10-24(2)11-18-22-16-9-17(27-19(16)20(25)23-18)13-4-6-14(21)7-5-13/h3-9H,10-11H2,1-2H3,(H,22,23,25). The Kier molecular flexibility index (Phi) is 4.86. The maximum atomic E-state index is 12.5. The molecule has 0 aliphatic rings. The number of thiophene rings is 1. The SMILES string of the molecule is Cc1ccc(CN(C)Cc2nc3cc(-c4ccc(Cl)cc4)sc3c(=O)[nH]2)o1. The van der Waals surface area contributed by atoms with Crippen molar-refractivity contribution in [3.8, 4) is 10.4 Å². The number of halogens is 1. The van der Waals surface area contributed by atoms with Crippen LogP contribution >= 0.6 is 22.9 Å². The molecule has 0 saturated carbocycles. The first-order valence-electron chi connectivity index (χ1n) is 8.50. The summed E-state index contributed by atoms with van der Waals surface area (Å²) in [5.41, 5.74) is 1.63. The van der Waals surface area contributed by atoms with E-state index < -0.39 is 0 Å². The zero-order valence-electron chi connectivity index (χ0n) is 15.0. The van der Waals surface area contributed by atoms with Crippen LogP contribution in [0.3, 0.4) is 0 Å². The molecule has 0 amide bonds. The molecule has 1 N–H and O–H groups in total. The Bertz CT molecular complexity index is 1140. The third-order valence-corrected chi connectivity index (χ3v) is 5.63. The minimum absolute atomic E-state index is 0.109. The Labute approximate surface area is 165 Å². The summed E-state index contributed by atoms with van der Waals surface area (Å²) in [5, 5.41) is 0.688. The normalized spacial score (nSPS) is 11.6. The Balaban J connectivity index is 1.59. The first-order valence-corrected chi connectivity index (χ1v) is 9.70. The van der Waals surface area contributed by atoms with Crippen LogP contribution in [0.25, 0.3) is 20.7 Å². The summed E-state index contributed by atoms with van der Waals surface area (Å²) in [6, 6.07) is 13.4. The lowest BCUT2D eigenvalue weighted by atomic mass is 10.2. The number of aromatic nitrogens is 2. The number of rotatable bonds is 5. The van der Waals surface area contributed by atoms with E-state index in [9.17, 15) is 4.79 Å². The van der Waals surface area contributed by atoms with Crippen molar-refractivity contribution in [2.75, 3.05) is 7.05 Å². The molecule has 0 unspecified atom stereocenters. The molecule has 27 heavy (non-hydrogen) atoms. The van der Waals surface area contributed by atoms with E-state index in [1.807, 2.05) is 56.4 Å². The van der Waals surface area contributed by atoms with Crippen molar-refractivity contribution in [1.29, 1.82) is 0 Å². The predicted molar refractivity (Wildman–Crippen MR) is 109 cm³/mol. The molecule has 0 bridgehead atoms. The van der Waals surface area contributed by atoms with E-state index >= 15 is 0 Å². The van der Waals surface area contributed by atoms with Gasteiger partial charge in [0.2, 0.25) is 0 Å². The predicted octanol–water partition coefficient (Wildman–Crippen LogP) is 4.84. The van der Waals surface area contributed by atoms with Crippen molar-refractivity contribution >= 4 is 33.2 Å². The van der Waals surface area contributed by atoms with Crippen LogP contribution in [-0.2, 0) is 13.1 Å². The van der Waals surface area contributed by atoms with Gasteiger partial charge in [0.15, 0.2) is 0 Å². The first-order chi connectivity index (χ1) is 13.0. The van der Waals surface area contributed by atoms with E-state index in [0.29, 0.717) is 34.2 Å². The second-order valence-electron chi connectivity index (χ2n) is 6.53. The van der Waals surface area contributed by atoms with Gasteiger partial charge < -0.3 is 9.40 Å². The zero-order chi connectivity index (χ0) is 19.0. The molecule has 0 radical (unpaired) electrons. The number of benzene rings is 1. The van der Waals surface area contributed by atoms with Crippen molar-refractivity contribution in [2.45, 2.75) is 20.0 Å². The molecule has 3 aromatic heterocycles. The summed E-state index contributed by atoms with van der Waals surface area (Å²) in [7, 11) is 1.97. The maximum absolute atomic E-state index is 12.5. The third-order valence-electron chi connectivity index (χ3n) is 4.20. The van der Waals surface area contributed by atoms with Crippen LogP contribution in [0.1, 0.15) is 17.3 Å². The van der Waals surface area contributed by atoms with E-state index in [2.05, 4.69) is 14.9 Å². The van der Waals surface area contributed by atoms with Crippen LogP contribution in [0.4, 0.5) is 0 Å². The van der Waals surface area contributed by atoms with Crippen molar-refractivity contribution in [3.63, 3.8) is 0 Å². The fourth-order valence-electron chi connectivity index (χ4n) is 2.97. The number of H-pyrrole nitrogens is 1. The van der Waals surface area contributed by atoms with Gasteiger partial charge in [-0.05, 0) is 49.9 Å². The zero-order valence-corrected chi connectivity index (χ0v) is 16.5. The summed E-state index contributed by atoms with van der Waals surface area (Å²) >= 11 is 7.39. The number of hydrogen-bond donors (Lipinski definition) is 1. The van der Waals surface area contributed by atoms with Gasteiger partial charge in [-0.1, -0.05) is 23.7 Å². The molecule has 3 heterocycles. The molecule has 1 aromatic carbocycles. The number of nitrogens with one attached hydrogen (secondary N) is 1. The topological polar surface area (TPSA) is 62.1 Å². The highest BCUT2D eigenvalue weighted by Gasteiger charge is 2.12. The van der Waals surface area contributed by atoms with E-state index in [1.165, 1.54) is 11.3 Å². The molecule has 0 saturated heterocycles. The second-order valence-corrected chi connectivity index (χ2v) is 8.02. The van der Waals surface area contributed by atoms with Crippen LogP contribution in [-0.4, -0.2) is 21.9 Å². The summed E-state index contributed by atoms with van der Waals surface area (Å²) < 4.78 is 6.24. The van der Waals surface area contributed by atoms with Crippen molar-refractivity contribution in [3.05, 3.63) is 75.2 Å². The lowest BCUT2D eigenvalue weighted by Gasteiger charge is -2.14. The second kappa shape index (κ2) is 7.31. The minimum Gasteiger partial charge on any atom is -0.465 e. The number of aromatic amines is 1. The highest BCUT2D eigenvalue weighted by atomic mass is 35.5. The molecule has 138 valence electrons. The Morgan fingerprint density at radius 2 is 1.96 bits per heavy atom. The molecule has 4 aromatic rings. The van der Waals surface area contributed by atoms with Crippen molar-refractivity contribution < 1.29 is 4.42 Å². The van der Waals surface area contributed by atoms with Crippen molar-refractivity contribution in [1.82, 2.24) is 14.9 Å². The summed E-state index contributed by atoms with van der Waals surface area (Å²) in [6.45, 7) is 3.09. The van der Waals surface area contributed by atoms with E-state index in [1.54, 1.807) is 0 Å². The summed E-state index contributed by atoms with van der Waals surface area (Å²) in [6.07, 6.45) is 0. The lowest BCUT2D eigenvalue weighted by molar-refractivity contribution is 0.279. The van der Waals surface area contributed by atoms with Crippen LogP contribution in [0.2, 0.25) is 5.02 Å². The van der Waals surface area contributed by atoms with Gasteiger partial charge in [0, 0.05) is 9.90 Å². The molecular formula is C20H18ClN3O2S. The average Bonchev–Trinajstić information content (AvgIpc) is 3.22. The molecule has 0 spiro atoms.